The van der Waals surface area contributed by atoms with Crippen molar-refractivity contribution < 1.29 is 17.9 Å². The smallest absolute Gasteiger partial charge is 0.244 e. The van der Waals surface area contributed by atoms with Gasteiger partial charge in [0.05, 0.1) is 12.0 Å². The zero-order valence-corrected chi connectivity index (χ0v) is 14.6. The van der Waals surface area contributed by atoms with Crippen LogP contribution in [0.3, 0.4) is 0 Å². The summed E-state index contributed by atoms with van der Waals surface area (Å²) in [6, 6.07) is 4.33. The molecule has 0 spiro atoms. The second-order valence-corrected chi connectivity index (χ2v) is 7.56. The lowest BCUT2D eigenvalue weighted by Gasteiger charge is -2.24. The molecule has 0 aromatic heterocycles. The maximum absolute atomic E-state index is 13.0. The quantitative estimate of drug-likeness (QED) is 0.855. The molecule has 1 aliphatic rings. The van der Waals surface area contributed by atoms with Gasteiger partial charge in [-0.15, -0.1) is 0 Å². The van der Waals surface area contributed by atoms with Gasteiger partial charge in [0.25, 0.3) is 0 Å². The molecule has 1 unspecified atom stereocenters. The standard InChI is InChI=1S/C16H24N2O4S/c1-4-9-17-16(19)14-6-5-10-18(14)23(20,21)15-11-13(22-3)8-7-12(15)2/h7-8,11,14H,4-6,9-10H2,1-3H3,(H,17,19). The van der Waals surface area contributed by atoms with Crippen molar-refractivity contribution in [1.82, 2.24) is 9.62 Å². The maximum Gasteiger partial charge on any atom is 0.244 e. The Hall–Kier alpha value is -1.60. The van der Waals surface area contributed by atoms with E-state index in [9.17, 15) is 13.2 Å². The third kappa shape index (κ3) is 3.67. The van der Waals surface area contributed by atoms with E-state index >= 15 is 0 Å². The Morgan fingerprint density at radius 3 is 2.83 bits per heavy atom. The van der Waals surface area contributed by atoms with Gasteiger partial charge in [0, 0.05) is 19.2 Å². The zero-order valence-electron chi connectivity index (χ0n) is 13.8. The number of aryl methyl sites for hydroxylation is 1. The average Bonchev–Trinajstić information content (AvgIpc) is 3.03. The Balaban J connectivity index is 2.33. The summed E-state index contributed by atoms with van der Waals surface area (Å²) in [4.78, 5) is 12.5. The second kappa shape index (κ2) is 7.31. The number of amides is 1. The largest absolute Gasteiger partial charge is 0.497 e. The molecule has 1 N–H and O–H groups in total. The Kier molecular flexibility index (Phi) is 5.64. The number of methoxy groups -OCH3 is 1. The van der Waals surface area contributed by atoms with E-state index in [4.69, 9.17) is 4.74 Å². The highest BCUT2D eigenvalue weighted by atomic mass is 32.2. The third-order valence-corrected chi connectivity index (χ3v) is 6.09. The molecule has 1 heterocycles. The third-order valence-electron chi connectivity index (χ3n) is 4.04. The molecule has 6 nitrogen and oxygen atoms in total. The average molecular weight is 340 g/mol. The van der Waals surface area contributed by atoms with Gasteiger partial charge in [-0.2, -0.15) is 4.31 Å². The van der Waals surface area contributed by atoms with Crippen LogP contribution in [0, 0.1) is 6.92 Å². The van der Waals surface area contributed by atoms with Crippen molar-refractivity contribution in [2.24, 2.45) is 0 Å². The number of hydrogen-bond acceptors (Lipinski definition) is 4. The molecule has 23 heavy (non-hydrogen) atoms. The number of ether oxygens (including phenoxy) is 1. The summed E-state index contributed by atoms with van der Waals surface area (Å²) in [7, 11) is -2.23. The molecule has 0 saturated carbocycles. The van der Waals surface area contributed by atoms with Crippen molar-refractivity contribution in [3.63, 3.8) is 0 Å². The Bertz CT molecular complexity index is 673. The van der Waals surface area contributed by atoms with Crippen LogP contribution < -0.4 is 10.1 Å². The summed E-state index contributed by atoms with van der Waals surface area (Å²) in [5.41, 5.74) is 0.644. The van der Waals surface area contributed by atoms with E-state index in [1.165, 1.54) is 17.5 Å². The van der Waals surface area contributed by atoms with Crippen LogP contribution in [0.1, 0.15) is 31.7 Å². The van der Waals surface area contributed by atoms with E-state index in [0.29, 0.717) is 37.2 Å². The second-order valence-electron chi connectivity index (χ2n) is 5.70. The van der Waals surface area contributed by atoms with Crippen LogP contribution in [-0.2, 0) is 14.8 Å². The van der Waals surface area contributed by atoms with E-state index in [1.54, 1.807) is 19.1 Å². The van der Waals surface area contributed by atoms with Gasteiger partial charge in [-0.05, 0) is 37.8 Å². The number of carbonyl (C=O) groups excluding carboxylic acids is 1. The number of hydrogen-bond donors (Lipinski definition) is 1. The van der Waals surface area contributed by atoms with Crippen LogP contribution in [0.5, 0.6) is 5.75 Å². The molecule has 0 radical (unpaired) electrons. The highest BCUT2D eigenvalue weighted by Gasteiger charge is 2.39. The fourth-order valence-corrected chi connectivity index (χ4v) is 4.67. The van der Waals surface area contributed by atoms with Gasteiger partial charge >= 0.3 is 0 Å². The first-order valence-electron chi connectivity index (χ1n) is 7.86. The molecule has 0 bridgehead atoms. The number of sulfonamides is 1. The minimum absolute atomic E-state index is 0.201. The first-order valence-corrected chi connectivity index (χ1v) is 9.30. The number of nitrogens with one attached hydrogen (secondary N) is 1. The van der Waals surface area contributed by atoms with Crippen molar-refractivity contribution in [3.8, 4) is 5.75 Å². The highest BCUT2D eigenvalue weighted by Crippen LogP contribution is 2.30. The molecule has 1 aromatic rings. The summed E-state index contributed by atoms with van der Waals surface area (Å²) in [5, 5.41) is 2.80. The summed E-state index contributed by atoms with van der Waals surface area (Å²) >= 11 is 0. The lowest BCUT2D eigenvalue weighted by atomic mass is 10.2. The summed E-state index contributed by atoms with van der Waals surface area (Å²) in [6.07, 6.45) is 2.06. The maximum atomic E-state index is 13.0. The molecule has 1 fully saturated rings. The Morgan fingerprint density at radius 1 is 1.43 bits per heavy atom. The molecule has 2 rings (SSSR count). The summed E-state index contributed by atoms with van der Waals surface area (Å²) in [6.45, 7) is 4.63. The molecule has 0 aliphatic carbocycles. The number of carbonyl (C=O) groups is 1. The number of benzene rings is 1. The van der Waals surface area contributed by atoms with Crippen LogP contribution in [0.2, 0.25) is 0 Å². The lowest BCUT2D eigenvalue weighted by Crippen LogP contribution is -2.46. The van der Waals surface area contributed by atoms with E-state index in [2.05, 4.69) is 5.32 Å². The molecule has 1 saturated heterocycles. The highest BCUT2D eigenvalue weighted by molar-refractivity contribution is 7.89. The predicted molar refractivity (Wildman–Crippen MR) is 87.9 cm³/mol. The van der Waals surface area contributed by atoms with Gasteiger partial charge in [0.2, 0.25) is 15.9 Å². The fraction of sp³-hybridized carbons (Fsp3) is 0.562. The number of rotatable bonds is 6. The topological polar surface area (TPSA) is 75.7 Å². The molecule has 1 atom stereocenters. The van der Waals surface area contributed by atoms with Crippen LogP contribution in [0.15, 0.2) is 23.1 Å². The van der Waals surface area contributed by atoms with Crippen molar-refractivity contribution in [2.45, 2.75) is 44.0 Å². The van der Waals surface area contributed by atoms with E-state index in [0.717, 1.165) is 6.42 Å². The molecule has 7 heteroatoms. The van der Waals surface area contributed by atoms with Gasteiger partial charge in [-0.3, -0.25) is 4.79 Å². The number of nitrogens with zero attached hydrogens (tertiary/aromatic N) is 1. The SMILES string of the molecule is CCCNC(=O)C1CCCN1S(=O)(=O)c1cc(OC)ccc1C. The normalized spacial score (nSPS) is 18.8. The minimum atomic E-state index is -3.73. The molecular formula is C16H24N2O4S. The van der Waals surface area contributed by atoms with Gasteiger partial charge in [0.1, 0.15) is 11.8 Å². The van der Waals surface area contributed by atoms with Crippen molar-refractivity contribution in [1.29, 1.82) is 0 Å². The molecule has 1 aliphatic heterocycles. The molecule has 128 valence electrons. The summed E-state index contributed by atoms with van der Waals surface area (Å²) in [5.74, 6) is 0.272. The Labute approximate surface area is 137 Å². The van der Waals surface area contributed by atoms with Crippen LogP contribution in [-0.4, -0.2) is 44.9 Å². The van der Waals surface area contributed by atoms with Crippen molar-refractivity contribution in [2.75, 3.05) is 20.2 Å². The first-order chi connectivity index (χ1) is 10.9. The lowest BCUT2D eigenvalue weighted by molar-refractivity contribution is -0.124. The monoisotopic (exact) mass is 340 g/mol. The first kappa shape index (κ1) is 17.7. The van der Waals surface area contributed by atoms with E-state index in [1.807, 2.05) is 6.92 Å². The molecule has 1 amide bonds. The zero-order chi connectivity index (χ0) is 17.0. The van der Waals surface area contributed by atoms with Crippen molar-refractivity contribution >= 4 is 15.9 Å². The van der Waals surface area contributed by atoms with E-state index in [-0.39, 0.29) is 10.8 Å². The van der Waals surface area contributed by atoms with Gasteiger partial charge in [-0.25, -0.2) is 8.42 Å². The summed E-state index contributed by atoms with van der Waals surface area (Å²) < 4.78 is 32.5. The molecule has 1 aromatic carbocycles. The predicted octanol–water partition coefficient (Wildman–Crippen LogP) is 1.68. The van der Waals surface area contributed by atoms with Gasteiger partial charge in [-0.1, -0.05) is 13.0 Å². The van der Waals surface area contributed by atoms with Crippen LogP contribution in [0.4, 0.5) is 0 Å². The Morgan fingerprint density at radius 2 is 2.17 bits per heavy atom. The fourth-order valence-electron chi connectivity index (χ4n) is 2.77. The van der Waals surface area contributed by atoms with Gasteiger partial charge < -0.3 is 10.1 Å². The molecular weight excluding hydrogens is 316 g/mol. The van der Waals surface area contributed by atoms with E-state index < -0.39 is 16.1 Å². The van der Waals surface area contributed by atoms with Crippen LogP contribution >= 0.6 is 0 Å². The van der Waals surface area contributed by atoms with Crippen LogP contribution in [0.25, 0.3) is 0 Å². The minimum Gasteiger partial charge on any atom is -0.497 e. The van der Waals surface area contributed by atoms with Crippen molar-refractivity contribution in [3.05, 3.63) is 23.8 Å². The van der Waals surface area contributed by atoms with Gasteiger partial charge in [0.15, 0.2) is 0 Å².